The first-order valence-electron chi connectivity index (χ1n) is 11.8. The second-order valence-corrected chi connectivity index (χ2v) is 9.07. The maximum Gasteiger partial charge on any atom is 0.410 e. The van der Waals surface area contributed by atoms with Crippen LogP contribution in [0, 0.1) is 0 Å². The Labute approximate surface area is 212 Å². The number of halogens is 1. The van der Waals surface area contributed by atoms with Crippen LogP contribution in [-0.4, -0.2) is 56.8 Å². The average molecular weight is 499 g/mol. The number of amides is 1. The molecular weight excluding hydrogens is 476 g/mol. The van der Waals surface area contributed by atoms with E-state index in [0.717, 1.165) is 33.6 Å². The molecule has 180 valence electrons. The van der Waals surface area contributed by atoms with Gasteiger partial charge in [0.15, 0.2) is 11.5 Å². The molecule has 1 fully saturated rings. The van der Waals surface area contributed by atoms with Gasteiger partial charge in [-0.15, -0.1) is 10.2 Å². The Kier molecular flexibility index (Phi) is 5.87. The molecule has 1 amide bonds. The largest absolute Gasteiger partial charge is 0.445 e. The summed E-state index contributed by atoms with van der Waals surface area (Å²) in [7, 11) is 0. The number of hydrogen-bond donors (Lipinski definition) is 0. The number of anilines is 1. The molecule has 0 radical (unpaired) electrons. The first-order valence-corrected chi connectivity index (χ1v) is 12.2. The first kappa shape index (κ1) is 22.3. The molecule has 1 saturated heterocycles. The van der Waals surface area contributed by atoms with E-state index in [9.17, 15) is 4.79 Å². The zero-order valence-corrected chi connectivity index (χ0v) is 20.2. The van der Waals surface area contributed by atoms with Gasteiger partial charge in [0.1, 0.15) is 6.61 Å². The van der Waals surface area contributed by atoms with E-state index < -0.39 is 0 Å². The fourth-order valence-electron chi connectivity index (χ4n) is 4.46. The minimum atomic E-state index is -0.304. The van der Waals surface area contributed by atoms with Crippen molar-refractivity contribution in [1.82, 2.24) is 24.5 Å². The molecule has 0 saturated carbocycles. The van der Waals surface area contributed by atoms with E-state index in [-0.39, 0.29) is 12.7 Å². The molecule has 9 heteroatoms. The van der Waals surface area contributed by atoms with Gasteiger partial charge >= 0.3 is 6.09 Å². The summed E-state index contributed by atoms with van der Waals surface area (Å²) >= 11 is 6.11. The summed E-state index contributed by atoms with van der Waals surface area (Å²) in [6.07, 6.45) is -0.304. The fraction of sp³-hybridized carbons (Fsp3) is 0.185. The van der Waals surface area contributed by atoms with Crippen LogP contribution in [0.5, 0.6) is 0 Å². The molecule has 6 rings (SSSR count). The van der Waals surface area contributed by atoms with Crippen molar-refractivity contribution in [2.24, 2.45) is 0 Å². The highest BCUT2D eigenvalue weighted by atomic mass is 35.5. The number of para-hydroxylation sites is 1. The molecule has 0 unspecified atom stereocenters. The van der Waals surface area contributed by atoms with Gasteiger partial charge in [0.2, 0.25) is 5.95 Å². The van der Waals surface area contributed by atoms with E-state index in [0.29, 0.717) is 37.0 Å². The molecule has 0 atom stereocenters. The van der Waals surface area contributed by atoms with Crippen molar-refractivity contribution >= 4 is 40.2 Å². The minimum absolute atomic E-state index is 0.262. The average Bonchev–Trinajstić information content (AvgIpc) is 3.38. The number of hydrogen-bond acceptors (Lipinski definition) is 6. The van der Waals surface area contributed by atoms with Gasteiger partial charge in [-0.25, -0.2) is 14.2 Å². The summed E-state index contributed by atoms with van der Waals surface area (Å²) < 4.78 is 7.52. The highest BCUT2D eigenvalue weighted by molar-refractivity contribution is 6.30. The summed E-state index contributed by atoms with van der Waals surface area (Å²) in [4.78, 5) is 21.6. The lowest BCUT2D eigenvalue weighted by molar-refractivity contribution is 0.0940. The maximum absolute atomic E-state index is 12.7. The summed E-state index contributed by atoms with van der Waals surface area (Å²) in [5.41, 5.74) is 3.45. The van der Waals surface area contributed by atoms with Gasteiger partial charge < -0.3 is 14.5 Å². The van der Waals surface area contributed by atoms with E-state index in [2.05, 4.69) is 15.1 Å². The quantitative estimate of drug-likeness (QED) is 0.345. The van der Waals surface area contributed by atoms with Crippen LogP contribution in [-0.2, 0) is 11.3 Å². The zero-order valence-electron chi connectivity index (χ0n) is 19.4. The van der Waals surface area contributed by atoms with Crippen molar-refractivity contribution in [2.75, 3.05) is 31.1 Å². The van der Waals surface area contributed by atoms with Gasteiger partial charge in [-0.1, -0.05) is 54.1 Å². The molecule has 3 heterocycles. The number of benzene rings is 3. The molecule has 5 aromatic rings. The number of carbonyl (C=O) groups excluding carboxylic acids is 1. The fourth-order valence-corrected chi connectivity index (χ4v) is 4.59. The number of fused-ring (bicyclic) bond motifs is 3. The van der Waals surface area contributed by atoms with Gasteiger partial charge in [-0.3, -0.25) is 0 Å². The molecule has 2 aromatic heterocycles. The Hall–Kier alpha value is -4.17. The first-order chi connectivity index (χ1) is 17.7. The Morgan fingerprint density at radius 1 is 0.861 bits per heavy atom. The van der Waals surface area contributed by atoms with E-state index in [1.807, 2.05) is 83.3 Å². The number of rotatable bonds is 4. The molecule has 0 bridgehead atoms. The van der Waals surface area contributed by atoms with Crippen molar-refractivity contribution in [1.29, 1.82) is 0 Å². The topological polar surface area (TPSA) is 75.9 Å². The van der Waals surface area contributed by atoms with Crippen LogP contribution in [0.25, 0.3) is 27.9 Å². The highest BCUT2D eigenvalue weighted by Gasteiger charge is 2.26. The number of ether oxygens (including phenoxy) is 1. The minimum Gasteiger partial charge on any atom is -0.445 e. The SMILES string of the molecule is O=C(OCc1ccccc1)N1CCN(c2nc3ccccc3c3nnc(-c4ccc(Cl)cc4)n23)CC1. The predicted molar refractivity (Wildman–Crippen MR) is 139 cm³/mol. The molecule has 0 N–H and O–H groups in total. The zero-order chi connectivity index (χ0) is 24.5. The lowest BCUT2D eigenvalue weighted by Crippen LogP contribution is -2.49. The summed E-state index contributed by atoms with van der Waals surface area (Å²) in [5.74, 6) is 1.44. The smallest absolute Gasteiger partial charge is 0.410 e. The lowest BCUT2D eigenvalue weighted by Gasteiger charge is -2.35. The summed E-state index contributed by atoms with van der Waals surface area (Å²) in [6, 6.07) is 25.1. The Morgan fingerprint density at radius 3 is 2.36 bits per heavy atom. The van der Waals surface area contributed by atoms with Crippen LogP contribution in [0.3, 0.4) is 0 Å². The number of piperazine rings is 1. The van der Waals surface area contributed by atoms with Crippen molar-refractivity contribution in [2.45, 2.75) is 6.61 Å². The molecular formula is C27H23ClN6O2. The van der Waals surface area contributed by atoms with Gasteiger partial charge in [0.05, 0.1) is 5.52 Å². The number of nitrogens with zero attached hydrogens (tertiary/aromatic N) is 6. The van der Waals surface area contributed by atoms with Gasteiger partial charge in [-0.2, -0.15) is 0 Å². The van der Waals surface area contributed by atoms with Crippen molar-refractivity contribution in [3.8, 4) is 11.4 Å². The van der Waals surface area contributed by atoms with Crippen molar-refractivity contribution < 1.29 is 9.53 Å². The van der Waals surface area contributed by atoms with Crippen LogP contribution in [0.15, 0.2) is 78.9 Å². The van der Waals surface area contributed by atoms with E-state index >= 15 is 0 Å². The highest BCUT2D eigenvalue weighted by Crippen LogP contribution is 2.29. The van der Waals surface area contributed by atoms with E-state index in [1.54, 1.807) is 4.90 Å². The third-order valence-electron chi connectivity index (χ3n) is 6.36. The monoisotopic (exact) mass is 498 g/mol. The summed E-state index contributed by atoms with van der Waals surface area (Å²) in [5, 5.41) is 10.6. The van der Waals surface area contributed by atoms with Crippen LogP contribution in [0.1, 0.15) is 5.56 Å². The normalized spacial score (nSPS) is 13.9. The molecule has 1 aliphatic rings. The predicted octanol–water partition coefficient (Wildman–Crippen LogP) is 5.06. The van der Waals surface area contributed by atoms with Gasteiger partial charge in [-0.05, 0) is 42.0 Å². The Morgan fingerprint density at radius 2 is 1.58 bits per heavy atom. The third-order valence-corrected chi connectivity index (χ3v) is 6.61. The molecule has 3 aromatic carbocycles. The van der Waals surface area contributed by atoms with Crippen LogP contribution in [0.2, 0.25) is 5.02 Å². The molecule has 0 aliphatic carbocycles. The summed E-state index contributed by atoms with van der Waals surface area (Å²) in [6.45, 7) is 2.54. The van der Waals surface area contributed by atoms with E-state index in [4.69, 9.17) is 21.3 Å². The molecule has 8 nitrogen and oxygen atoms in total. The van der Waals surface area contributed by atoms with Gasteiger partial charge in [0, 0.05) is 42.2 Å². The third kappa shape index (κ3) is 4.20. The van der Waals surface area contributed by atoms with Crippen molar-refractivity contribution in [3.05, 3.63) is 89.4 Å². The van der Waals surface area contributed by atoms with Crippen molar-refractivity contribution in [3.63, 3.8) is 0 Å². The second-order valence-electron chi connectivity index (χ2n) is 8.63. The second kappa shape index (κ2) is 9.47. The van der Waals surface area contributed by atoms with Crippen LogP contribution < -0.4 is 4.90 Å². The number of carbonyl (C=O) groups is 1. The number of aromatic nitrogens is 4. The van der Waals surface area contributed by atoms with E-state index in [1.165, 1.54) is 0 Å². The maximum atomic E-state index is 12.7. The lowest BCUT2D eigenvalue weighted by atomic mass is 10.2. The molecule has 1 aliphatic heterocycles. The van der Waals surface area contributed by atoms with Crippen LogP contribution in [0.4, 0.5) is 10.7 Å². The Balaban J connectivity index is 1.28. The van der Waals surface area contributed by atoms with Crippen LogP contribution >= 0.6 is 11.6 Å². The molecule has 0 spiro atoms. The Bertz CT molecular complexity index is 1530. The molecule has 36 heavy (non-hydrogen) atoms. The standard InChI is InChI=1S/C27H23ClN6O2/c28-21-12-10-20(11-13-21)24-30-31-25-22-8-4-5-9-23(22)29-26(34(24)25)32-14-16-33(17-15-32)27(35)36-18-19-6-2-1-3-7-19/h1-13H,14-18H2. The van der Waals surface area contributed by atoms with Gasteiger partial charge in [0.25, 0.3) is 0 Å².